The van der Waals surface area contributed by atoms with Gasteiger partial charge in [0.25, 0.3) is 0 Å². The van der Waals surface area contributed by atoms with Crippen LogP contribution in [0.25, 0.3) is 10.9 Å². The highest BCUT2D eigenvalue weighted by Gasteiger charge is 2.38. The lowest BCUT2D eigenvalue weighted by atomic mass is 9.82. The molecule has 0 saturated carbocycles. The summed E-state index contributed by atoms with van der Waals surface area (Å²) in [5, 5.41) is 1.45. The molecule has 3 heteroatoms. The van der Waals surface area contributed by atoms with Crippen molar-refractivity contribution in [3.63, 3.8) is 0 Å². The summed E-state index contributed by atoms with van der Waals surface area (Å²) in [6.07, 6.45) is 6.01. The molecule has 0 aliphatic carbocycles. The van der Waals surface area contributed by atoms with Gasteiger partial charge in [-0.3, -0.25) is 4.90 Å². The zero-order valence-corrected chi connectivity index (χ0v) is 16.2. The van der Waals surface area contributed by atoms with E-state index in [9.17, 15) is 4.39 Å². The normalized spacial score (nSPS) is 22.2. The zero-order valence-electron chi connectivity index (χ0n) is 16.2. The summed E-state index contributed by atoms with van der Waals surface area (Å²) in [6, 6.07) is 15.1. The van der Waals surface area contributed by atoms with Crippen LogP contribution in [0.1, 0.15) is 47.7 Å². The Morgan fingerprint density at radius 3 is 2.70 bits per heavy atom. The lowest BCUT2D eigenvalue weighted by Gasteiger charge is -2.44. The Labute approximate surface area is 160 Å². The number of rotatable bonds is 3. The summed E-state index contributed by atoms with van der Waals surface area (Å²) in [5.41, 5.74) is 7.03. The summed E-state index contributed by atoms with van der Waals surface area (Å²) in [5.74, 6) is -0.158. The number of aryl methyl sites for hydroxylation is 3. The average Bonchev–Trinajstić information content (AvgIpc) is 2.93. The van der Waals surface area contributed by atoms with Crippen molar-refractivity contribution < 1.29 is 4.39 Å². The molecule has 2 aromatic carbocycles. The van der Waals surface area contributed by atoms with E-state index in [1.54, 1.807) is 23.4 Å². The van der Waals surface area contributed by atoms with E-state index in [1.165, 1.54) is 41.3 Å². The molecule has 5 rings (SSSR count). The molecular formula is C24H27FN2. The Morgan fingerprint density at radius 1 is 1.07 bits per heavy atom. The first kappa shape index (κ1) is 17.0. The van der Waals surface area contributed by atoms with Gasteiger partial charge in [0, 0.05) is 41.6 Å². The number of aromatic nitrogens is 1. The predicted octanol–water partition coefficient (Wildman–Crippen LogP) is 5.41. The van der Waals surface area contributed by atoms with Crippen LogP contribution >= 0.6 is 0 Å². The first-order chi connectivity index (χ1) is 13.1. The molecule has 3 aromatic rings. The number of benzene rings is 2. The highest BCUT2D eigenvalue weighted by molar-refractivity contribution is 5.87. The molecule has 2 unspecified atom stereocenters. The number of halogens is 1. The fourth-order valence-corrected chi connectivity index (χ4v) is 5.31. The molecule has 2 bridgehead atoms. The monoisotopic (exact) mass is 362 g/mol. The summed E-state index contributed by atoms with van der Waals surface area (Å²) in [7, 11) is 2.31. The lowest BCUT2D eigenvalue weighted by Crippen LogP contribution is -2.44. The maximum atomic E-state index is 13.2. The molecule has 1 aromatic heterocycles. The molecule has 2 aliphatic heterocycles. The van der Waals surface area contributed by atoms with Crippen LogP contribution in [0.4, 0.5) is 4.39 Å². The molecule has 27 heavy (non-hydrogen) atoms. The van der Waals surface area contributed by atoms with Gasteiger partial charge in [0.15, 0.2) is 0 Å². The molecule has 2 aliphatic rings. The van der Waals surface area contributed by atoms with Gasteiger partial charge in [0.05, 0.1) is 0 Å². The number of fused-ring (bicyclic) bond motifs is 6. The van der Waals surface area contributed by atoms with Crippen molar-refractivity contribution in [1.82, 2.24) is 9.47 Å². The second kappa shape index (κ2) is 6.49. The Bertz CT molecular complexity index is 986. The van der Waals surface area contributed by atoms with E-state index in [0.717, 1.165) is 19.4 Å². The maximum Gasteiger partial charge on any atom is 0.123 e. The van der Waals surface area contributed by atoms with Gasteiger partial charge >= 0.3 is 0 Å². The highest BCUT2D eigenvalue weighted by atomic mass is 19.1. The standard InChI is InChI=1S/C24H27FN2/c1-16-6-11-21-20(14-16)24-22-5-3-4-19(26(22)2)15-23(24)27(21)13-12-17-7-9-18(25)10-8-17/h6-11,14,19,22H,3-5,12-13,15H2,1-2H3. The van der Waals surface area contributed by atoms with Crippen molar-refractivity contribution in [2.75, 3.05) is 7.05 Å². The molecule has 3 heterocycles. The fourth-order valence-electron chi connectivity index (χ4n) is 5.31. The largest absolute Gasteiger partial charge is 0.344 e. The molecule has 0 amide bonds. The van der Waals surface area contributed by atoms with E-state index in [4.69, 9.17) is 0 Å². The van der Waals surface area contributed by atoms with Crippen molar-refractivity contribution in [3.8, 4) is 0 Å². The van der Waals surface area contributed by atoms with Crippen molar-refractivity contribution in [2.24, 2.45) is 0 Å². The smallest absolute Gasteiger partial charge is 0.123 e. The van der Waals surface area contributed by atoms with Crippen LogP contribution in [0.15, 0.2) is 42.5 Å². The number of hydrogen-bond acceptors (Lipinski definition) is 1. The van der Waals surface area contributed by atoms with Crippen LogP contribution in [0.2, 0.25) is 0 Å². The maximum absolute atomic E-state index is 13.2. The Hall–Kier alpha value is -2.13. The minimum absolute atomic E-state index is 0.158. The molecule has 2 nitrogen and oxygen atoms in total. The van der Waals surface area contributed by atoms with Crippen LogP contribution in [-0.2, 0) is 19.4 Å². The van der Waals surface area contributed by atoms with Gasteiger partial charge in [-0.1, -0.05) is 23.8 Å². The summed E-state index contributed by atoms with van der Waals surface area (Å²) in [6.45, 7) is 3.15. The van der Waals surface area contributed by atoms with Gasteiger partial charge in [-0.05, 0) is 75.0 Å². The quantitative estimate of drug-likeness (QED) is 0.604. The first-order valence-electron chi connectivity index (χ1n) is 10.2. The summed E-state index contributed by atoms with van der Waals surface area (Å²) < 4.78 is 15.8. The van der Waals surface area contributed by atoms with Gasteiger partial charge in [0.2, 0.25) is 0 Å². The number of hydrogen-bond donors (Lipinski definition) is 0. The van der Waals surface area contributed by atoms with Crippen LogP contribution in [0, 0.1) is 12.7 Å². The fraction of sp³-hybridized carbons (Fsp3) is 0.417. The zero-order chi connectivity index (χ0) is 18.5. The van der Waals surface area contributed by atoms with Crippen LogP contribution in [-0.4, -0.2) is 22.6 Å². The Morgan fingerprint density at radius 2 is 1.89 bits per heavy atom. The molecule has 1 saturated heterocycles. The number of nitrogens with zero attached hydrogens (tertiary/aromatic N) is 2. The van der Waals surface area contributed by atoms with Crippen molar-refractivity contribution in [3.05, 3.63) is 70.7 Å². The second-order valence-corrected chi connectivity index (χ2v) is 8.38. The van der Waals surface area contributed by atoms with Crippen LogP contribution in [0.3, 0.4) is 0 Å². The van der Waals surface area contributed by atoms with E-state index >= 15 is 0 Å². The van der Waals surface area contributed by atoms with E-state index in [-0.39, 0.29) is 5.82 Å². The lowest BCUT2D eigenvalue weighted by molar-refractivity contribution is 0.0988. The number of piperidine rings is 1. The van der Waals surface area contributed by atoms with Gasteiger partial charge in [-0.2, -0.15) is 0 Å². The third-order valence-corrected chi connectivity index (χ3v) is 6.75. The SMILES string of the molecule is Cc1ccc2c(c1)c1c(n2CCc2ccc(F)cc2)CC2CCCC1N2C. The van der Waals surface area contributed by atoms with E-state index in [1.807, 2.05) is 12.1 Å². The van der Waals surface area contributed by atoms with Gasteiger partial charge in [-0.25, -0.2) is 4.39 Å². The van der Waals surface area contributed by atoms with E-state index in [2.05, 4.69) is 41.6 Å². The Balaban J connectivity index is 1.60. The average molecular weight is 362 g/mol. The molecular weight excluding hydrogens is 335 g/mol. The second-order valence-electron chi connectivity index (χ2n) is 8.38. The van der Waals surface area contributed by atoms with E-state index in [0.29, 0.717) is 12.1 Å². The topological polar surface area (TPSA) is 8.17 Å². The van der Waals surface area contributed by atoms with Crippen LogP contribution in [0.5, 0.6) is 0 Å². The van der Waals surface area contributed by atoms with Crippen LogP contribution < -0.4 is 0 Å². The molecule has 140 valence electrons. The minimum Gasteiger partial charge on any atom is -0.344 e. The molecule has 2 atom stereocenters. The minimum atomic E-state index is -0.158. The third-order valence-electron chi connectivity index (χ3n) is 6.75. The first-order valence-corrected chi connectivity index (χ1v) is 10.2. The summed E-state index contributed by atoms with van der Waals surface area (Å²) in [4.78, 5) is 2.62. The molecule has 0 spiro atoms. The Kier molecular flexibility index (Phi) is 4.08. The summed E-state index contributed by atoms with van der Waals surface area (Å²) >= 11 is 0. The van der Waals surface area contributed by atoms with Crippen molar-refractivity contribution in [2.45, 2.75) is 57.7 Å². The third kappa shape index (κ3) is 2.80. The molecule has 0 N–H and O–H groups in total. The predicted molar refractivity (Wildman–Crippen MR) is 109 cm³/mol. The van der Waals surface area contributed by atoms with E-state index < -0.39 is 0 Å². The van der Waals surface area contributed by atoms with Gasteiger partial charge in [-0.15, -0.1) is 0 Å². The molecule has 1 fully saturated rings. The highest BCUT2D eigenvalue weighted by Crippen LogP contribution is 2.45. The van der Waals surface area contributed by atoms with Gasteiger partial charge in [0.1, 0.15) is 5.82 Å². The number of likely N-dealkylation sites (N-methyl/N-ethyl adjacent to an activating group) is 1. The van der Waals surface area contributed by atoms with Crippen molar-refractivity contribution in [1.29, 1.82) is 0 Å². The van der Waals surface area contributed by atoms with Crippen molar-refractivity contribution >= 4 is 10.9 Å². The molecule has 0 radical (unpaired) electrons. The van der Waals surface area contributed by atoms with Gasteiger partial charge < -0.3 is 4.57 Å².